The summed E-state index contributed by atoms with van der Waals surface area (Å²) in [6, 6.07) is 0. The quantitative estimate of drug-likeness (QED) is 0.0261. The Hall–Kier alpha value is -2.63. The summed E-state index contributed by atoms with van der Waals surface area (Å²) in [4.78, 5) is 38.0. The van der Waals surface area contributed by atoms with Crippen LogP contribution >= 0.6 is 0 Å². The van der Waals surface area contributed by atoms with E-state index in [0.717, 1.165) is 89.9 Å². The number of ether oxygens (including phenoxy) is 3. The summed E-state index contributed by atoms with van der Waals surface area (Å²) in [5.74, 6) is -0.879. The third kappa shape index (κ3) is 60.2. The van der Waals surface area contributed by atoms with Crippen molar-refractivity contribution >= 4 is 17.9 Å². The maximum Gasteiger partial charge on any atom is 0.306 e. The average Bonchev–Trinajstić information content (AvgIpc) is 3.40. The van der Waals surface area contributed by atoms with Crippen molar-refractivity contribution in [2.45, 2.75) is 354 Å². The molecule has 1 atom stereocenters. The van der Waals surface area contributed by atoms with E-state index in [9.17, 15) is 14.4 Å². The van der Waals surface area contributed by atoms with Gasteiger partial charge in [-0.25, -0.2) is 0 Å². The van der Waals surface area contributed by atoms with Crippen molar-refractivity contribution in [2.24, 2.45) is 0 Å². The van der Waals surface area contributed by atoms with Crippen molar-refractivity contribution in [2.75, 3.05) is 13.2 Å². The zero-order valence-corrected chi connectivity index (χ0v) is 49.6. The van der Waals surface area contributed by atoms with E-state index in [2.05, 4.69) is 69.4 Å². The topological polar surface area (TPSA) is 78.9 Å². The van der Waals surface area contributed by atoms with Gasteiger partial charge in [0, 0.05) is 19.3 Å². The first-order chi connectivity index (χ1) is 36.5. The van der Waals surface area contributed by atoms with Gasteiger partial charge in [-0.3, -0.25) is 14.4 Å². The largest absolute Gasteiger partial charge is 0.462 e. The lowest BCUT2D eigenvalue weighted by Gasteiger charge is -2.18. The molecule has 0 aromatic carbocycles. The molecule has 6 nitrogen and oxygen atoms in total. The van der Waals surface area contributed by atoms with E-state index in [-0.39, 0.29) is 31.1 Å². The number of hydrogen-bond acceptors (Lipinski definition) is 6. The van der Waals surface area contributed by atoms with Crippen LogP contribution in [0.3, 0.4) is 0 Å². The Morgan fingerprint density at radius 1 is 0.270 bits per heavy atom. The van der Waals surface area contributed by atoms with Gasteiger partial charge in [0.05, 0.1) is 0 Å². The Balaban J connectivity index is 3.91. The molecule has 0 fully saturated rings. The fraction of sp³-hybridized carbons (Fsp3) is 0.838. The number of carbonyl (C=O) groups excluding carboxylic acids is 3. The Morgan fingerprint density at radius 3 is 0.784 bits per heavy atom. The van der Waals surface area contributed by atoms with Crippen LogP contribution in [0.15, 0.2) is 48.6 Å². The zero-order valence-electron chi connectivity index (χ0n) is 49.6. The number of hydrogen-bond donors (Lipinski definition) is 0. The molecule has 0 aromatic rings. The maximum absolute atomic E-state index is 12.8. The molecular weight excluding hydrogens is 913 g/mol. The standard InChI is InChI=1S/C68H124O6/c1-4-7-10-13-16-18-20-22-24-25-26-27-28-29-30-31-32-33-34-35-36-37-38-39-40-41-42-43-44-46-47-49-52-55-58-61-67(70)73-64-65(63-72-66(69)60-57-54-51-15-12-9-6-3)74-68(71)62-59-56-53-50-48-45-23-21-19-17-14-11-8-5-2/h14,17,20-23,25-26,65H,4-13,15-16,18-19,24,27-64H2,1-3H3/b17-14-,22-20-,23-21-,26-25-. The van der Waals surface area contributed by atoms with Crippen LogP contribution in [0.2, 0.25) is 0 Å². The smallest absolute Gasteiger partial charge is 0.306 e. The Kier molecular flexibility index (Phi) is 60.7. The average molecular weight is 1040 g/mol. The highest BCUT2D eigenvalue weighted by Crippen LogP contribution is 2.18. The summed E-state index contributed by atoms with van der Waals surface area (Å²) in [5, 5.41) is 0. The third-order valence-corrected chi connectivity index (χ3v) is 14.6. The van der Waals surface area contributed by atoms with Crippen molar-refractivity contribution < 1.29 is 28.6 Å². The lowest BCUT2D eigenvalue weighted by molar-refractivity contribution is -0.167. The SMILES string of the molecule is CCCC/C=C\C/C=C\CCCCCCCC(=O)OC(COC(=O)CCCCCCCCC)COC(=O)CCCCCCCCCCCCCCCCCCCCCCCCC/C=C\C/C=C\CCCCCCC. The summed E-state index contributed by atoms with van der Waals surface area (Å²) in [6.45, 7) is 6.57. The van der Waals surface area contributed by atoms with Crippen molar-refractivity contribution in [3.63, 3.8) is 0 Å². The van der Waals surface area contributed by atoms with Gasteiger partial charge in [-0.05, 0) is 77.0 Å². The number of unbranched alkanes of at least 4 members (excludes halogenated alkanes) is 41. The van der Waals surface area contributed by atoms with Crippen molar-refractivity contribution in [3.8, 4) is 0 Å². The van der Waals surface area contributed by atoms with Crippen LogP contribution in [0, 0.1) is 0 Å². The monoisotopic (exact) mass is 1040 g/mol. The lowest BCUT2D eigenvalue weighted by Crippen LogP contribution is -2.30. The second kappa shape index (κ2) is 62.9. The van der Waals surface area contributed by atoms with Crippen molar-refractivity contribution in [1.82, 2.24) is 0 Å². The minimum atomic E-state index is -0.775. The predicted octanol–water partition coefficient (Wildman–Crippen LogP) is 22.2. The van der Waals surface area contributed by atoms with Crippen molar-refractivity contribution in [3.05, 3.63) is 48.6 Å². The molecule has 74 heavy (non-hydrogen) atoms. The first kappa shape index (κ1) is 71.4. The molecule has 0 radical (unpaired) electrons. The molecule has 0 rings (SSSR count). The van der Waals surface area contributed by atoms with Crippen LogP contribution in [0.4, 0.5) is 0 Å². The molecular formula is C68H124O6. The second-order valence-electron chi connectivity index (χ2n) is 22.0. The lowest BCUT2D eigenvalue weighted by atomic mass is 10.0. The summed E-state index contributed by atoms with van der Waals surface area (Å²) in [6.07, 6.45) is 78.9. The molecule has 0 amide bonds. The van der Waals surface area contributed by atoms with Crippen molar-refractivity contribution in [1.29, 1.82) is 0 Å². The number of allylic oxidation sites excluding steroid dienone is 8. The molecule has 0 bridgehead atoms. The van der Waals surface area contributed by atoms with E-state index in [4.69, 9.17) is 14.2 Å². The van der Waals surface area contributed by atoms with Crippen LogP contribution in [0.5, 0.6) is 0 Å². The van der Waals surface area contributed by atoms with E-state index in [1.165, 1.54) is 218 Å². The molecule has 0 spiro atoms. The molecule has 0 aromatic heterocycles. The molecule has 0 N–H and O–H groups in total. The molecule has 6 heteroatoms. The van der Waals surface area contributed by atoms with Gasteiger partial charge < -0.3 is 14.2 Å². The summed E-state index contributed by atoms with van der Waals surface area (Å²) >= 11 is 0. The molecule has 0 saturated carbocycles. The van der Waals surface area contributed by atoms with Gasteiger partial charge in [0.15, 0.2) is 6.10 Å². The normalized spacial score (nSPS) is 12.3. The predicted molar refractivity (Wildman–Crippen MR) is 321 cm³/mol. The molecule has 0 aliphatic heterocycles. The third-order valence-electron chi connectivity index (χ3n) is 14.6. The highest BCUT2D eigenvalue weighted by atomic mass is 16.6. The van der Waals surface area contributed by atoms with Gasteiger partial charge in [0.1, 0.15) is 13.2 Å². The minimum Gasteiger partial charge on any atom is -0.462 e. The highest BCUT2D eigenvalue weighted by Gasteiger charge is 2.19. The Morgan fingerprint density at radius 2 is 0.500 bits per heavy atom. The second-order valence-corrected chi connectivity index (χ2v) is 22.0. The summed E-state index contributed by atoms with van der Waals surface area (Å²) in [5.41, 5.74) is 0. The fourth-order valence-electron chi connectivity index (χ4n) is 9.61. The van der Waals surface area contributed by atoms with Crippen LogP contribution in [0.25, 0.3) is 0 Å². The fourth-order valence-corrected chi connectivity index (χ4v) is 9.61. The van der Waals surface area contributed by atoms with E-state index in [1.807, 2.05) is 0 Å². The first-order valence-electron chi connectivity index (χ1n) is 32.6. The van der Waals surface area contributed by atoms with E-state index >= 15 is 0 Å². The van der Waals surface area contributed by atoms with Gasteiger partial charge in [-0.1, -0.05) is 301 Å². The molecule has 0 saturated heterocycles. The van der Waals surface area contributed by atoms with Gasteiger partial charge >= 0.3 is 17.9 Å². The van der Waals surface area contributed by atoms with Gasteiger partial charge in [-0.2, -0.15) is 0 Å². The summed E-state index contributed by atoms with van der Waals surface area (Å²) < 4.78 is 16.8. The maximum atomic E-state index is 12.8. The van der Waals surface area contributed by atoms with Crippen LogP contribution < -0.4 is 0 Å². The van der Waals surface area contributed by atoms with Crippen LogP contribution in [-0.2, 0) is 28.6 Å². The number of carbonyl (C=O) groups is 3. The minimum absolute atomic E-state index is 0.0745. The van der Waals surface area contributed by atoms with Crippen LogP contribution in [0.1, 0.15) is 348 Å². The number of rotatable bonds is 60. The first-order valence-corrected chi connectivity index (χ1v) is 32.6. The Labute approximate surface area is 460 Å². The molecule has 432 valence electrons. The van der Waals surface area contributed by atoms with Gasteiger partial charge in [0.2, 0.25) is 0 Å². The number of esters is 3. The van der Waals surface area contributed by atoms with Gasteiger partial charge in [-0.15, -0.1) is 0 Å². The van der Waals surface area contributed by atoms with E-state index in [1.54, 1.807) is 0 Å². The Bertz CT molecular complexity index is 1280. The van der Waals surface area contributed by atoms with E-state index in [0.29, 0.717) is 19.3 Å². The molecule has 0 aliphatic carbocycles. The van der Waals surface area contributed by atoms with Crippen LogP contribution in [-0.4, -0.2) is 37.2 Å². The highest BCUT2D eigenvalue weighted by molar-refractivity contribution is 5.71. The van der Waals surface area contributed by atoms with E-state index < -0.39 is 6.10 Å². The summed E-state index contributed by atoms with van der Waals surface area (Å²) in [7, 11) is 0. The molecule has 0 aliphatic rings. The van der Waals surface area contributed by atoms with Gasteiger partial charge in [0.25, 0.3) is 0 Å². The molecule has 1 unspecified atom stereocenters. The zero-order chi connectivity index (χ0) is 53.6. The molecule has 0 heterocycles.